The van der Waals surface area contributed by atoms with Crippen LogP contribution in [0.5, 0.6) is 0 Å². The summed E-state index contributed by atoms with van der Waals surface area (Å²) in [5.41, 5.74) is 0. The van der Waals surface area contributed by atoms with E-state index >= 15 is 0 Å². The molecule has 0 saturated heterocycles. The lowest BCUT2D eigenvalue weighted by atomic mass is 10.1. The molecule has 0 aliphatic heterocycles. The molecule has 0 aromatic carbocycles. The number of hydrogen-bond acceptors (Lipinski definition) is 6. The lowest BCUT2D eigenvalue weighted by Crippen LogP contribution is -2.30. The molecule has 0 saturated carbocycles. The van der Waals surface area contributed by atoms with Crippen molar-refractivity contribution in [3.05, 3.63) is 97.2 Å². The largest absolute Gasteiger partial charge is 0.462 e. The van der Waals surface area contributed by atoms with Crippen LogP contribution in [0.25, 0.3) is 0 Å². The molecule has 0 heterocycles. The molecule has 0 radical (unpaired) electrons. The summed E-state index contributed by atoms with van der Waals surface area (Å²) >= 11 is 0. The van der Waals surface area contributed by atoms with E-state index in [9.17, 15) is 14.4 Å². The van der Waals surface area contributed by atoms with E-state index in [1.54, 1.807) is 0 Å². The maximum Gasteiger partial charge on any atom is 0.306 e. The van der Waals surface area contributed by atoms with Gasteiger partial charge in [-0.2, -0.15) is 0 Å². The van der Waals surface area contributed by atoms with Crippen LogP contribution in [-0.2, 0) is 28.6 Å². The average Bonchev–Trinajstić information content (AvgIpc) is 3.36. The molecule has 6 heteroatoms. The van der Waals surface area contributed by atoms with Crippen LogP contribution in [0.1, 0.15) is 271 Å². The van der Waals surface area contributed by atoms with Gasteiger partial charge in [0, 0.05) is 19.3 Å². The smallest absolute Gasteiger partial charge is 0.306 e. The van der Waals surface area contributed by atoms with Crippen LogP contribution in [0.4, 0.5) is 0 Å². The zero-order valence-electron chi connectivity index (χ0n) is 45.8. The maximum absolute atomic E-state index is 12.8. The zero-order valence-corrected chi connectivity index (χ0v) is 45.8. The Hall–Kier alpha value is -3.67. The molecule has 0 N–H and O–H groups in total. The summed E-state index contributed by atoms with van der Waals surface area (Å²) in [6, 6.07) is 0. The first-order valence-corrected chi connectivity index (χ1v) is 29.2. The highest BCUT2D eigenvalue weighted by atomic mass is 16.6. The molecule has 0 fully saturated rings. The van der Waals surface area contributed by atoms with Gasteiger partial charge in [0.25, 0.3) is 0 Å². The minimum Gasteiger partial charge on any atom is -0.462 e. The molecule has 0 aliphatic carbocycles. The molecule has 6 nitrogen and oxygen atoms in total. The minimum absolute atomic E-state index is 0.0815. The first kappa shape index (κ1) is 66.3. The normalized spacial score (nSPS) is 12.8. The quantitative estimate of drug-likeness (QED) is 0.0262. The summed E-state index contributed by atoms with van der Waals surface area (Å²) in [7, 11) is 0. The van der Waals surface area contributed by atoms with E-state index in [0.717, 1.165) is 122 Å². The van der Waals surface area contributed by atoms with Gasteiger partial charge in [0.05, 0.1) is 0 Å². The van der Waals surface area contributed by atoms with E-state index in [1.807, 2.05) is 0 Å². The summed E-state index contributed by atoms with van der Waals surface area (Å²) in [6.07, 6.45) is 77.2. The topological polar surface area (TPSA) is 78.9 Å². The third-order valence-corrected chi connectivity index (χ3v) is 12.3. The third-order valence-electron chi connectivity index (χ3n) is 12.3. The number of esters is 3. The van der Waals surface area contributed by atoms with Gasteiger partial charge < -0.3 is 14.2 Å². The first-order chi connectivity index (χ1) is 34.5. The van der Waals surface area contributed by atoms with Crippen molar-refractivity contribution in [2.45, 2.75) is 277 Å². The van der Waals surface area contributed by atoms with E-state index in [0.29, 0.717) is 19.3 Å². The molecule has 0 amide bonds. The SMILES string of the molecule is CC/C=C\C/C=C\C/C=C\C/C=C\C/C=C\C/C=C\C/C=C\CCCCCCCCCCCC(=O)OCC(COC(=O)CCCCCCCC)OC(=O)CCCCCCC/C=C\CCCCCCCC. The summed E-state index contributed by atoms with van der Waals surface area (Å²) < 4.78 is 16.7. The van der Waals surface area contributed by atoms with Gasteiger partial charge in [-0.3, -0.25) is 14.4 Å². The molecular formula is C64H108O6. The number of carbonyl (C=O) groups is 3. The number of carbonyl (C=O) groups excluding carboxylic acids is 3. The van der Waals surface area contributed by atoms with Crippen LogP contribution in [0.15, 0.2) is 97.2 Å². The minimum atomic E-state index is -0.780. The molecule has 0 bridgehead atoms. The van der Waals surface area contributed by atoms with Gasteiger partial charge in [0.1, 0.15) is 13.2 Å². The summed E-state index contributed by atoms with van der Waals surface area (Å²) in [4.78, 5) is 37.8. The Morgan fingerprint density at radius 2 is 0.557 bits per heavy atom. The second-order valence-electron chi connectivity index (χ2n) is 19.2. The van der Waals surface area contributed by atoms with Crippen molar-refractivity contribution in [1.29, 1.82) is 0 Å². The molecule has 70 heavy (non-hydrogen) atoms. The van der Waals surface area contributed by atoms with E-state index in [-0.39, 0.29) is 31.1 Å². The fraction of sp³-hybridized carbons (Fsp3) is 0.703. The van der Waals surface area contributed by atoms with Crippen LogP contribution >= 0.6 is 0 Å². The Bertz CT molecular complexity index is 1400. The molecular weight excluding hydrogens is 865 g/mol. The maximum atomic E-state index is 12.8. The molecule has 400 valence electrons. The van der Waals surface area contributed by atoms with Crippen LogP contribution in [0, 0.1) is 0 Å². The van der Waals surface area contributed by atoms with E-state index in [2.05, 4.69) is 118 Å². The van der Waals surface area contributed by atoms with Gasteiger partial charge in [-0.05, 0) is 103 Å². The number of unbranched alkanes of at least 4 members (excludes halogenated alkanes) is 25. The number of rotatable bonds is 52. The van der Waals surface area contributed by atoms with E-state index in [1.165, 1.54) is 109 Å². The Labute approximate surface area is 432 Å². The van der Waals surface area contributed by atoms with Gasteiger partial charge in [0.2, 0.25) is 0 Å². The predicted octanol–water partition coefficient (Wildman–Crippen LogP) is 19.7. The summed E-state index contributed by atoms with van der Waals surface area (Å²) in [5.74, 6) is -0.904. The summed E-state index contributed by atoms with van der Waals surface area (Å²) in [5, 5.41) is 0. The molecule has 1 unspecified atom stereocenters. The van der Waals surface area contributed by atoms with Gasteiger partial charge >= 0.3 is 17.9 Å². The lowest BCUT2D eigenvalue weighted by molar-refractivity contribution is -0.167. The average molecular weight is 974 g/mol. The van der Waals surface area contributed by atoms with Gasteiger partial charge in [-0.1, -0.05) is 246 Å². The number of allylic oxidation sites excluding steroid dienone is 16. The van der Waals surface area contributed by atoms with Crippen molar-refractivity contribution < 1.29 is 28.6 Å². The van der Waals surface area contributed by atoms with Crippen LogP contribution in [0.3, 0.4) is 0 Å². The van der Waals surface area contributed by atoms with Crippen LogP contribution < -0.4 is 0 Å². The molecule has 0 aromatic heterocycles. The second kappa shape index (κ2) is 57.9. The highest BCUT2D eigenvalue weighted by molar-refractivity contribution is 5.71. The standard InChI is InChI=1S/C64H108O6/c1-4-7-10-13-16-18-20-22-24-25-26-27-28-29-30-31-32-33-34-35-36-37-38-39-41-42-44-46-48-51-54-57-63(66)69-60-61(59-68-62(65)56-53-50-15-12-9-6-3)70-64(67)58-55-52-49-47-45-43-40-23-21-19-17-14-11-8-5-2/h7,10,16,18,22-24,26-27,29-30,32-33,35-36,40,61H,4-6,8-9,11-15,17,19-21,25,28,31,34,37-39,41-60H2,1-3H3/b10-7-,18-16-,24-22-,27-26-,30-29-,33-32-,36-35-,40-23-. The Balaban J connectivity index is 4.11. The fourth-order valence-corrected chi connectivity index (χ4v) is 7.95. The monoisotopic (exact) mass is 973 g/mol. The Kier molecular flexibility index (Phi) is 54.9. The van der Waals surface area contributed by atoms with Gasteiger partial charge in [-0.15, -0.1) is 0 Å². The highest BCUT2D eigenvalue weighted by Gasteiger charge is 2.19. The molecule has 1 atom stereocenters. The lowest BCUT2D eigenvalue weighted by Gasteiger charge is -2.18. The van der Waals surface area contributed by atoms with Crippen molar-refractivity contribution in [2.75, 3.05) is 13.2 Å². The second-order valence-corrected chi connectivity index (χ2v) is 19.2. The molecule has 0 aromatic rings. The van der Waals surface area contributed by atoms with Crippen molar-refractivity contribution >= 4 is 17.9 Å². The Morgan fingerprint density at radius 3 is 0.886 bits per heavy atom. The first-order valence-electron chi connectivity index (χ1n) is 29.2. The molecule has 0 rings (SSSR count). The summed E-state index contributed by atoms with van der Waals surface area (Å²) in [6.45, 7) is 6.45. The van der Waals surface area contributed by atoms with Crippen molar-refractivity contribution in [3.8, 4) is 0 Å². The van der Waals surface area contributed by atoms with E-state index < -0.39 is 6.10 Å². The molecule has 0 spiro atoms. The van der Waals surface area contributed by atoms with Crippen LogP contribution in [0.2, 0.25) is 0 Å². The number of ether oxygens (including phenoxy) is 3. The van der Waals surface area contributed by atoms with Gasteiger partial charge in [0.15, 0.2) is 6.10 Å². The van der Waals surface area contributed by atoms with E-state index in [4.69, 9.17) is 14.2 Å². The fourth-order valence-electron chi connectivity index (χ4n) is 7.95. The van der Waals surface area contributed by atoms with Gasteiger partial charge in [-0.25, -0.2) is 0 Å². The highest BCUT2D eigenvalue weighted by Crippen LogP contribution is 2.15. The van der Waals surface area contributed by atoms with Crippen LogP contribution in [-0.4, -0.2) is 37.2 Å². The predicted molar refractivity (Wildman–Crippen MR) is 302 cm³/mol. The Morgan fingerprint density at radius 1 is 0.300 bits per heavy atom. The van der Waals surface area contributed by atoms with Crippen molar-refractivity contribution in [2.24, 2.45) is 0 Å². The number of hydrogen-bond donors (Lipinski definition) is 0. The van der Waals surface area contributed by atoms with Crippen molar-refractivity contribution in [3.63, 3.8) is 0 Å². The third kappa shape index (κ3) is 55.3. The zero-order chi connectivity index (χ0) is 50.7. The molecule has 0 aliphatic rings. The van der Waals surface area contributed by atoms with Crippen molar-refractivity contribution in [1.82, 2.24) is 0 Å².